The molecule has 6 nitrogen and oxygen atoms in total. The summed E-state index contributed by atoms with van der Waals surface area (Å²) in [6.45, 7) is 0. The molecule has 3 rings (SSSR count). The van der Waals surface area contributed by atoms with Crippen molar-refractivity contribution in [3.63, 3.8) is 0 Å². The minimum atomic E-state index is -1.32. The molecule has 0 aliphatic rings. The molecular weight excluding hydrogens is 291 g/mol. The number of aromatic carboxylic acids is 2. The maximum Gasteiger partial charge on any atom is 0.356 e. The molecule has 110 valence electrons. The van der Waals surface area contributed by atoms with Crippen LogP contribution in [0.15, 0.2) is 42.6 Å². The minimum Gasteiger partial charge on any atom is -0.478 e. The lowest BCUT2D eigenvalue weighted by atomic mass is 10.2. The third-order valence-electron chi connectivity index (χ3n) is 3.21. The fourth-order valence-electron chi connectivity index (χ4n) is 2.21. The first-order chi connectivity index (χ1) is 10.5. The molecule has 0 bridgehead atoms. The topological polar surface area (TPSA) is 91.9 Å². The van der Waals surface area contributed by atoms with Gasteiger partial charge in [-0.1, -0.05) is 12.1 Å². The maximum atomic E-state index is 13.9. The van der Waals surface area contributed by atoms with Crippen molar-refractivity contribution in [1.82, 2.24) is 9.38 Å². The average Bonchev–Trinajstić information content (AvgIpc) is 2.86. The van der Waals surface area contributed by atoms with Crippen LogP contribution in [0.4, 0.5) is 4.39 Å². The zero-order valence-corrected chi connectivity index (χ0v) is 11.0. The van der Waals surface area contributed by atoms with E-state index in [-0.39, 0.29) is 28.2 Å². The van der Waals surface area contributed by atoms with Crippen LogP contribution in [0.25, 0.3) is 16.9 Å². The van der Waals surface area contributed by atoms with Gasteiger partial charge in [0.2, 0.25) is 0 Å². The second-order valence-electron chi connectivity index (χ2n) is 4.54. The lowest BCUT2D eigenvalue weighted by Gasteiger charge is -2.03. The van der Waals surface area contributed by atoms with Crippen molar-refractivity contribution in [3.8, 4) is 11.4 Å². The number of fused-ring (bicyclic) bond motifs is 1. The molecule has 2 heterocycles. The smallest absolute Gasteiger partial charge is 0.356 e. The van der Waals surface area contributed by atoms with Crippen molar-refractivity contribution in [3.05, 3.63) is 59.7 Å². The Morgan fingerprint density at radius 1 is 1.09 bits per heavy atom. The normalized spacial score (nSPS) is 10.8. The van der Waals surface area contributed by atoms with Gasteiger partial charge >= 0.3 is 11.9 Å². The van der Waals surface area contributed by atoms with Crippen molar-refractivity contribution >= 4 is 17.5 Å². The van der Waals surface area contributed by atoms with Crippen LogP contribution in [0.2, 0.25) is 0 Å². The second kappa shape index (κ2) is 4.96. The highest BCUT2D eigenvalue weighted by Crippen LogP contribution is 2.25. The predicted octanol–water partition coefficient (Wildman–Crippen LogP) is 2.54. The number of carboxylic acids is 2. The Morgan fingerprint density at radius 2 is 1.82 bits per heavy atom. The van der Waals surface area contributed by atoms with Crippen LogP contribution in [-0.2, 0) is 0 Å². The fourth-order valence-corrected chi connectivity index (χ4v) is 2.21. The van der Waals surface area contributed by atoms with E-state index in [1.54, 1.807) is 6.07 Å². The first-order valence-corrected chi connectivity index (χ1v) is 6.22. The van der Waals surface area contributed by atoms with Gasteiger partial charge in [-0.3, -0.25) is 4.40 Å². The highest BCUT2D eigenvalue weighted by molar-refractivity contribution is 5.97. The molecule has 0 radical (unpaired) electrons. The Morgan fingerprint density at radius 3 is 2.45 bits per heavy atom. The van der Waals surface area contributed by atoms with Gasteiger partial charge in [-0.25, -0.2) is 19.0 Å². The van der Waals surface area contributed by atoms with Crippen LogP contribution in [0.1, 0.15) is 20.8 Å². The van der Waals surface area contributed by atoms with Gasteiger partial charge in [-0.05, 0) is 24.3 Å². The first-order valence-electron chi connectivity index (χ1n) is 6.22. The first kappa shape index (κ1) is 13.7. The van der Waals surface area contributed by atoms with E-state index in [0.717, 1.165) is 0 Å². The molecule has 0 aliphatic heterocycles. The monoisotopic (exact) mass is 300 g/mol. The molecule has 0 fully saturated rings. The van der Waals surface area contributed by atoms with E-state index >= 15 is 0 Å². The summed E-state index contributed by atoms with van der Waals surface area (Å²) in [6.07, 6.45) is 1.36. The van der Waals surface area contributed by atoms with Gasteiger partial charge in [0, 0.05) is 6.20 Å². The van der Waals surface area contributed by atoms with Crippen LogP contribution < -0.4 is 0 Å². The summed E-state index contributed by atoms with van der Waals surface area (Å²) in [6, 6.07) is 8.32. The number of carboxylic acid groups (broad SMARTS) is 2. The Hall–Kier alpha value is -3.22. The number of rotatable bonds is 3. The van der Waals surface area contributed by atoms with Crippen molar-refractivity contribution < 1.29 is 24.2 Å². The van der Waals surface area contributed by atoms with E-state index in [0.29, 0.717) is 0 Å². The number of hydrogen-bond donors (Lipinski definition) is 2. The molecule has 0 saturated carbocycles. The summed E-state index contributed by atoms with van der Waals surface area (Å²) >= 11 is 0. The molecule has 3 aromatic rings. The Bertz CT molecular complexity index is 917. The van der Waals surface area contributed by atoms with E-state index in [4.69, 9.17) is 5.11 Å². The van der Waals surface area contributed by atoms with E-state index in [2.05, 4.69) is 4.98 Å². The Kier molecular flexibility index (Phi) is 3.10. The highest BCUT2D eigenvalue weighted by atomic mass is 19.1. The lowest BCUT2D eigenvalue weighted by molar-refractivity contribution is 0.0682. The summed E-state index contributed by atoms with van der Waals surface area (Å²) in [5.41, 5.74) is -0.185. The molecule has 0 aliphatic carbocycles. The number of hydrogen-bond acceptors (Lipinski definition) is 3. The number of halogens is 1. The maximum absolute atomic E-state index is 13.9. The largest absolute Gasteiger partial charge is 0.478 e. The van der Waals surface area contributed by atoms with E-state index < -0.39 is 17.8 Å². The number of carbonyl (C=O) groups is 2. The van der Waals surface area contributed by atoms with Gasteiger partial charge < -0.3 is 10.2 Å². The third-order valence-corrected chi connectivity index (χ3v) is 3.21. The van der Waals surface area contributed by atoms with E-state index in [1.807, 2.05) is 0 Å². The van der Waals surface area contributed by atoms with Crippen LogP contribution in [0, 0.1) is 5.82 Å². The SMILES string of the molecule is O=C(O)c1ccn2c(-c3ccccc3F)nc(C(=O)O)c2c1. The molecule has 1 aromatic carbocycles. The molecule has 0 amide bonds. The minimum absolute atomic E-state index is 0.0741. The molecule has 2 N–H and O–H groups in total. The van der Waals surface area contributed by atoms with E-state index in [9.17, 15) is 19.1 Å². The summed E-state index contributed by atoms with van der Waals surface area (Å²) in [5.74, 6) is -2.95. The van der Waals surface area contributed by atoms with Crippen LogP contribution in [-0.4, -0.2) is 31.5 Å². The number of nitrogens with zero attached hydrogens (tertiary/aromatic N) is 2. The second-order valence-corrected chi connectivity index (χ2v) is 4.54. The molecule has 2 aromatic heterocycles. The van der Waals surface area contributed by atoms with Gasteiger partial charge in [0.1, 0.15) is 11.6 Å². The van der Waals surface area contributed by atoms with Gasteiger partial charge in [-0.15, -0.1) is 0 Å². The molecule has 0 spiro atoms. The van der Waals surface area contributed by atoms with Gasteiger partial charge in [0.05, 0.1) is 16.6 Å². The summed E-state index contributed by atoms with van der Waals surface area (Å²) in [4.78, 5) is 26.3. The highest BCUT2D eigenvalue weighted by Gasteiger charge is 2.20. The average molecular weight is 300 g/mol. The third kappa shape index (κ3) is 2.08. The number of imidazole rings is 1. The summed E-state index contributed by atoms with van der Waals surface area (Å²) in [5, 5.41) is 18.2. The number of benzene rings is 1. The molecule has 0 saturated heterocycles. The lowest BCUT2D eigenvalue weighted by Crippen LogP contribution is -2.00. The van der Waals surface area contributed by atoms with Gasteiger partial charge in [-0.2, -0.15) is 0 Å². The molecule has 0 unspecified atom stereocenters. The van der Waals surface area contributed by atoms with Crippen LogP contribution in [0.5, 0.6) is 0 Å². The standard InChI is InChI=1S/C15H9FN2O4/c16-10-4-2-1-3-9(10)13-17-12(15(21)22)11-7-8(14(19)20)5-6-18(11)13/h1-7H,(H,19,20)(H,21,22). The van der Waals surface area contributed by atoms with Crippen molar-refractivity contribution in [2.45, 2.75) is 0 Å². The Labute approximate surface area is 123 Å². The van der Waals surface area contributed by atoms with Crippen LogP contribution in [0.3, 0.4) is 0 Å². The van der Waals surface area contributed by atoms with Gasteiger partial charge in [0.15, 0.2) is 5.69 Å². The quantitative estimate of drug-likeness (QED) is 0.775. The zero-order chi connectivity index (χ0) is 15.9. The fraction of sp³-hybridized carbons (Fsp3) is 0. The zero-order valence-electron chi connectivity index (χ0n) is 11.0. The number of pyridine rings is 1. The molecule has 0 atom stereocenters. The molecular formula is C15H9FN2O4. The number of aromatic nitrogens is 2. The molecule has 22 heavy (non-hydrogen) atoms. The summed E-state index contributed by atoms with van der Waals surface area (Å²) in [7, 11) is 0. The van der Waals surface area contributed by atoms with E-state index in [1.165, 1.54) is 40.9 Å². The predicted molar refractivity (Wildman–Crippen MR) is 74.5 cm³/mol. The molecule has 7 heteroatoms. The van der Waals surface area contributed by atoms with Crippen molar-refractivity contribution in [2.75, 3.05) is 0 Å². The van der Waals surface area contributed by atoms with Crippen LogP contribution >= 0.6 is 0 Å². The Balaban J connectivity index is 2.35. The summed E-state index contributed by atoms with van der Waals surface area (Å²) < 4.78 is 15.3. The van der Waals surface area contributed by atoms with Crippen molar-refractivity contribution in [2.24, 2.45) is 0 Å². The van der Waals surface area contributed by atoms with Crippen molar-refractivity contribution in [1.29, 1.82) is 0 Å². The van der Waals surface area contributed by atoms with Gasteiger partial charge in [0.25, 0.3) is 0 Å².